The number of ether oxygens (including phenoxy) is 2. The van der Waals surface area contributed by atoms with Crippen molar-refractivity contribution in [2.75, 3.05) is 14.2 Å². The highest BCUT2D eigenvalue weighted by atomic mass is 16.5. The smallest absolute Gasteiger partial charge is 0.252 e. The predicted octanol–water partition coefficient (Wildman–Crippen LogP) is 2.38. The van der Waals surface area contributed by atoms with Crippen molar-refractivity contribution in [3.63, 3.8) is 0 Å². The third-order valence-corrected chi connectivity index (χ3v) is 4.90. The van der Waals surface area contributed by atoms with E-state index in [2.05, 4.69) is 24.8 Å². The Morgan fingerprint density at radius 2 is 2.14 bits per heavy atom. The summed E-state index contributed by atoms with van der Waals surface area (Å²) in [4.78, 5) is 8.99. The Hall–Kier alpha value is -3.46. The van der Waals surface area contributed by atoms with Crippen molar-refractivity contribution in [2.24, 2.45) is 7.05 Å². The van der Waals surface area contributed by atoms with E-state index in [1.54, 1.807) is 20.5 Å². The van der Waals surface area contributed by atoms with Crippen LogP contribution < -0.4 is 4.74 Å². The average molecular weight is 378 g/mol. The Morgan fingerprint density at radius 1 is 1.25 bits per heavy atom. The molecule has 1 aliphatic rings. The van der Waals surface area contributed by atoms with Crippen LogP contribution in [0.4, 0.5) is 0 Å². The minimum absolute atomic E-state index is 0.262. The predicted molar refractivity (Wildman–Crippen MR) is 99.1 cm³/mol. The molecule has 9 heteroatoms. The molecule has 4 heterocycles. The molecule has 0 saturated carbocycles. The second-order valence-electron chi connectivity index (χ2n) is 6.56. The van der Waals surface area contributed by atoms with Crippen molar-refractivity contribution in [1.82, 2.24) is 29.5 Å². The van der Waals surface area contributed by atoms with Gasteiger partial charge in [0.1, 0.15) is 24.4 Å². The third-order valence-electron chi connectivity index (χ3n) is 4.90. The van der Waals surface area contributed by atoms with E-state index in [9.17, 15) is 0 Å². The van der Waals surface area contributed by atoms with Crippen LogP contribution in [-0.2, 0) is 24.8 Å². The fraction of sp³-hybridized carbons (Fsp3) is 0.263. The molecule has 28 heavy (non-hydrogen) atoms. The molecule has 1 aliphatic heterocycles. The standard InChI is InChI=1S/C19H18N6O3/c1-24-18-11(8-21-24)6-15-17(19-22-16(9-26-2)28-23-19)20-10-25(15)14-5-4-12(27-3)7-13(14)18/h4-5,7-8,10H,6,9H2,1-3H3. The summed E-state index contributed by atoms with van der Waals surface area (Å²) in [7, 11) is 5.19. The van der Waals surface area contributed by atoms with Gasteiger partial charge in [0, 0.05) is 31.7 Å². The van der Waals surface area contributed by atoms with Crippen molar-refractivity contribution in [3.05, 3.63) is 47.9 Å². The number of nitrogens with zero attached hydrogens (tertiary/aromatic N) is 6. The highest BCUT2D eigenvalue weighted by Gasteiger charge is 2.27. The summed E-state index contributed by atoms with van der Waals surface area (Å²) in [5.41, 5.74) is 5.84. The molecular formula is C19H18N6O3. The first-order valence-electron chi connectivity index (χ1n) is 8.77. The normalized spacial score (nSPS) is 12.2. The molecule has 1 aromatic carbocycles. The van der Waals surface area contributed by atoms with Crippen molar-refractivity contribution >= 4 is 0 Å². The summed E-state index contributed by atoms with van der Waals surface area (Å²) < 4.78 is 19.7. The van der Waals surface area contributed by atoms with Gasteiger partial charge in [0.15, 0.2) is 0 Å². The summed E-state index contributed by atoms with van der Waals surface area (Å²) >= 11 is 0. The Kier molecular flexibility index (Phi) is 3.76. The molecule has 0 atom stereocenters. The number of hydrogen-bond acceptors (Lipinski definition) is 7. The monoisotopic (exact) mass is 378 g/mol. The minimum atomic E-state index is 0.262. The third kappa shape index (κ3) is 2.43. The molecule has 0 aliphatic carbocycles. The lowest BCUT2D eigenvalue weighted by Crippen LogP contribution is -2.01. The SMILES string of the molecule is COCc1nc(-c2ncn3c2Cc2cnn(C)c2-c2cc(OC)ccc2-3)no1. The molecule has 0 amide bonds. The van der Waals surface area contributed by atoms with Gasteiger partial charge in [0.2, 0.25) is 5.82 Å². The van der Waals surface area contributed by atoms with Crippen LogP contribution in [0.25, 0.3) is 28.5 Å². The molecule has 0 N–H and O–H groups in total. The van der Waals surface area contributed by atoms with Crippen molar-refractivity contribution in [2.45, 2.75) is 13.0 Å². The van der Waals surface area contributed by atoms with Crippen molar-refractivity contribution in [1.29, 1.82) is 0 Å². The van der Waals surface area contributed by atoms with E-state index in [4.69, 9.17) is 14.0 Å². The van der Waals surface area contributed by atoms with Crippen LogP contribution in [0.3, 0.4) is 0 Å². The first-order chi connectivity index (χ1) is 13.7. The van der Waals surface area contributed by atoms with Crippen LogP contribution in [0.2, 0.25) is 0 Å². The molecule has 0 fully saturated rings. The number of benzene rings is 1. The van der Waals surface area contributed by atoms with Gasteiger partial charge in [0.25, 0.3) is 5.89 Å². The molecule has 4 aromatic rings. The molecule has 9 nitrogen and oxygen atoms in total. The van der Waals surface area contributed by atoms with Gasteiger partial charge in [-0.2, -0.15) is 10.1 Å². The number of aryl methyl sites for hydroxylation is 1. The second kappa shape index (κ2) is 6.31. The maximum atomic E-state index is 5.44. The van der Waals surface area contributed by atoms with Crippen LogP contribution in [0.5, 0.6) is 5.75 Å². The van der Waals surface area contributed by atoms with E-state index < -0.39 is 0 Å². The Bertz CT molecular complexity index is 1170. The van der Waals surface area contributed by atoms with Crippen LogP contribution in [0, 0.1) is 0 Å². The van der Waals surface area contributed by atoms with Gasteiger partial charge in [-0.25, -0.2) is 4.98 Å². The first kappa shape index (κ1) is 16.7. The Balaban J connectivity index is 1.72. The highest BCUT2D eigenvalue weighted by Crippen LogP contribution is 2.39. The van der Waals surface area contributed by atoms with Gasteiger partial charge in [-0.3, -0.25) is 4.68 Å². The number of imidazole rings is 1. The number of hydrogen-bond donors (Lipinski definition) is 0. The average Bonchev–Trinajstić information content (AvgIpc) is 3.39. The van der Waals surface area contributed by atoms with Gasteiger partial charge < -0.3 is 18.6 Å². The first-order valence-corrected chi connectivity index (χ1v) is 8.77. The molecule has 142 valence electrons. The molecule has 0 bridgehead atoms. The summed E-state index contributed by atoms with van der Waals surface area (Å²) in [6.45, 7) is 0.262. The van der Waals surface area contributed by atoms with Gasteiger partial charge in [-0.15, -0.1) is 0 Å². The molecule has 5 rings (SSSR count). The summed E-state index contributed by atoms with van der Waals surface area (Å²) in [5, 5.41) is 8.54. The van der Waals surface area contributed by atoms with E-state index in [1.807, 2.05) is 36.1 Å². The molecule has 0 radical (unpaired) electrons. The molecule has 3 aromatic heterocycles. The fourth-order valence-electron chi connectivity index (χ4n) is 3.65. The lowest BCUT2D eigenvalue weighted by Gasteiger charge is -2.12. The van der Waals surface area contributed by atoms with E-state index in [0.717, 1.165) is 34.0 Å². The summed E-state index contributed by atoms with van der Waals surface area (Å²) in [6.07, 6.45) is 4.32. The van der Waals surface area contributed by atoms with Crippen LogP contribution in [0.15, 0.2) is 35.2 Å². The lowest BCUT2D eigenvalue weighted by molar-refractivity contribution is 0.151. The van der Waals surface area contributed by atoms with E-state index in [0.29, 0.717) is 23.8 Å². The zero-order chi connectivity index (χ0) is 19.3. The zero-order valence-corrected chi connectivity index (χ0v) is 15.7. The second-order valence-corrected chi connectivity index (χ2v) is 6.56. The summed E-state index contributed by atoms with van der Waals surface area (Å²) in [5.74, 6) is 1.65. The summed E-state index contributed by atoms with van der Waals surface area (Å²) in [6, 6.07) is 5.99. The molecule has 0 unspecified atom stereocenters. The van der Waals surface area contributed by atoms with Crippen LogP contribution >= 0.6 is 0 Å². The number of fused-ring (bicyclic) bond motifs is 5. The maximum absolute atomic E-state index is 5.44. The number of rotatable bonds is 4. The van der Waals surface area contributed by atoms with E-state index >= 15 is 0 Å². The van der Waals surface area contributed by atoms with Crippen molar-refractivity contribution in [3.8, 4) is 34.2 Å². The van der Waals surface area contributed by atoms with Gasteiger partial charge in [-0.1, -0.05) is 5.16 Å². The molecule has 0 saturated heterocycles. The fourth-order valence-corrected chi connectivity index (χ4v) is 3.65. The van der Waals surface area contributed by atoms with Crippen LogP contribution in [-0.4, -0.2) is 43.7 Å². The van der Waals surface area contributed by atoms with Gasteiger partial charge >= 0.3 is 0 Å². The highest BCUT2D eigenvalue weighted by molar-refractivity contribution is 5.77. The number of methoxy groups -OCH3 is 2. The Morgan fingerprint density at radius 3 is 2.96 bits per heavy atom. The van der Waals surface area contributed by atoms with Gasteiger partial charge in [-0.05, 0) is 18.2 Å². The molecular weight excluding hydrogens is 360 g/mol. The Labute approximate surface area is 160 Å². The van der Waals surface area contributed by atoms with Crippen LogP contribution in [0.1, 0.15) is 17.1 Å². The minimum Gasteiger partial charge on any atom is -0.497 e. The topological polar surface area (TPSA) is 93.0 Å². The lowest BCUT2D eigenvalue weighted by atomic mass is 10.0. The van der Waals surface area contributed by atoms with Crippen molar-refractivity contribution < 1.29 is 14.0 Å². The van der Waals surface area contributed by atoms with E-state index in [-0.39, 0.29) is 6.61 Å². The zero-order valence-electron chi connectivity index (χ0n) is 15.7. The van der Waals surface area contributed by atoms with E-state index in [1.165, 1.54) is 0 Å². The quantitative estimate of drug-likeness (QED) is 0.474. The van der Waals surface area contributed by atoms with Gasteiger partial charge in [0.05, 0.1) is 30.4 Å². The molecule has 0 spiro atoms. The maximum Gasteiger partial charge on any atom is 0.252 e. The number of aromatic nitrogens is 6. The largest absolute Gasteiger partial charge is 0.497 e.